The van der Waals surface area contributed by atoms with Crippen molar-refractivity contribution in [2.45, 2.75) is 0 Å². The van der Waals surface area contributed by atoms with E-state index in [-0.39, 0.29) is 0 Å². The molecule has 5 heteroatoms. The Morgan fingerprint density at radius 1 is 0.538 bits per heavy atom. The topological polar surface area (TPSA) is 30.9 Å². The zero-order valence-corrected chi connectivity index (χ0v) is 16.3. The van der Waals surface area contributed by atoms with Gasteiger partial charge in [0.05, 0.1) is 0 Å². The monoisotopic (exact) mass is 365 g/mol. The van der Waals surface area contributed by atoms with Gasteiger partial charge in [0.15, 0.2) is 0 Å². The maximum atomic E-state index is 5.57. The van der Waals surface area contributed by atoms with E-state index in [0.717, 1.165) is 22.2 Å². The van der Waals surface area contributed by atoms with Crippen LogP contribution in [0.25, 0.3) is 0 Å². The standard InChI is InChI=1S/C21H23NO3Si/c1-23-26(24-2,25-3)21-16-14-20(15-17-21)22(18-10-6-4-7-11-18)19-12-8-5-9-13-19/h4-17H,1-3H3. The summed E-state index contributed by atoms with van der Waals surface area (Å²) in [5, 5.41) is 0.926. The van der Waals surface area contributed by atoms with Crippen molar-refractivity contribution in [3.63, 3.8) is 0 Å². The van der Waals surface area contributed by atoms with Crippen molar-refractivity contribution in [1.29, 1.82) is 0 Å². The van der Waals surface area contributed by atoms with Crippen molar-refractivity contribution < 1.29 is 13.3 Å². The van der Waals surface area contributed by atoms with E-state index in [4.69, 9.17) is 13.3 Å². The van der Waals surface area contributed by atoms with E-state index < -0.39 is 8.80 Å². The van der Waals surface area contributed by atoms with Crippen LogP contribution in [0.1, 0.15) is 0 Å². The van der Waals surface area contributed by atoms with Gasteiger partial charge in [-0.25, -0.2) is 0 Å². The number of hydrogen-bond donors (Lipinski definition) is 0. The molecule has 0 saturated heterocycles. The Morgan fingerprint density at radius 2 is 0.923 bits per heavy atom. The Hall–Kier alpha value is -2.44. The molecule has 26 heavy (non-hydrogen) atoms. The van der Waals surface area contributed by atoms with E-state index >= 15 is 0 Å². The van der Waals surface area contributed by atoms with E-state index in [9.17, 15) is 0 Å². The van der Waals surface area contributed by atoms with Crippen molar-refractivity contribution in [2.75, 3.05) is 26.2 Å². The van der Waals surface area contributed by atoms with Gasteiger partial charge in [-0.15, -0.1) is 0 Å². The first kappa shape index (κ1) is 18.4. The molecule has 0 amide bonds. The molecule has 0 atom stereocenters. The van der Waals surface area contributed by atoms with Crippen molar-refractivity contribution in [3.8, 4) is 0 Å². The molecule has 3 rings (SSSR count). The molecule has 0 aromatic heterocycles. The first-order valence-electron chi connectivity index (χ1n) is 8.40. The molecular formula is C21H23NO3Si. The molecule has 0 saturated carbocycles. The van der Waals surface area contributed by atoms with Crippen molar-refractivity contribution in [1.82, 2.24) is 0 Å². The van der Waals surface area contributed by atoms with Crippen LogP contribution in [-0.4, -0.2) is 30.1 Å². The lowest BCUT2D eigenvalue weighted by Gasteiger charge is -2.27. The van der Waals surface area contributed by atoms with E-state index in [2.05, 4.69) is 41.3 Å². The highest BCUT2D eigenvalue weighted by Gasteiger charge is 2.40. The molecule has 0 heterocycles. The Kier molecular flexibility index (Phi) is 5.85. The first-order chi connectivity index (χ1) is 12.7. The molecule has 0 radical (unpaired) electrons. The molecule has 134 valence electrons. The molecule has 0 fully saturated rings. The largest absolute Gasteiger partial charge is 0.536 e. The highest BCUT2D eigenvalue weighted by Crippen LogP contribution is 2.33. The Balaban J connectivity index is 2.03. The lowest BCUT2D eigenvalue weighted by Crippen LogP contribution is -2.54. The van der Waals surface area contributed by atoms with Gasteiger partial charge >= 0.3 is 8.80 Å². The molecule has 0 aliphatic heterocycles. The van der Waals surface area contributed by atoms with Gasteiger partial charge in [0.2, 0.25) is 0 Å². The maximum Gasteiger partial charge on any atom is 0.536 e. The normalized spacial score (nSPS) is 11.3. The third-order valence-electron chi connectivity index (χ3n) is 4.31. The molecule has 0 bridgehead atoms. The highest BCUT2D eigenvalue weighted by atomic mass is 28.4. The summed E-state index contributed by atoms with van der Waals surface area (Å²) in [7, 11) is 2.03. The summed E-state index contributed by atoms with van der Waals surface area (Å²) in [6.07, 6.45) is 0. The van der Waals surface area contributed by atoms with Gasteiger partial charge in [0.25, 0.3) is 0 Å². The third kappa shape index (κ3) is 3.56. The second-order valence-corrected chi connectivity index (χ2v) is 8.64. The third-order valence-corrected chi connectivity index (χ3v) is 6.97. The van der Waals surface area contributed by atoms with Crippen LogP contribution in [0.15, 0.2) is 84.9 Å². The molecule has 0 aliphatic rings. The van der Waals surface area contributed by atoms with Gasteiger partial charge < -0.3 is 18.2 Å². The summed E-state index contributed by atoms with van der Waals surface area (Å²) < 4.78 is 16.7. The number of benzene rings is 3. The first-order valence-corrected chi connectivity index (χ1v) is 10.1. The summed E-state index contributed by atoms with van der Waals surface area (Å²) >= 11 is 0. The van der Waals surface area contributed by atoms with E-state index in [1.54, 1.807) is 21.3 Å². The Morgan fingerprint density at radius 3 is 1.31 bits per heavy atom. The minimum absolute atomic E-state index is 0.926. The summed E-state index contributed by atoms with van der Waals surface area (Å²) in [6.45, 7) is 0. The zero-order valence-electron chi connectivity index (χ0n) is 15.3. The van der Waals surface area contributed by atoms with Crippen LogP contribution in [0.5, 0.6) is 0 Å². The molecule has 4 nitrogen and oxygen atoms in total. The quantitative estimate of drug-likeness (QED) is 0.586. The van der Waals surface area contributed by atoms with Crippen molar-refractivity contribution >= 4 is 31.1 Å². The zero-order chi connectivity index (χ0) is 18.4. The summed E-state index contributed by atoms with van der Waals surface area (Å²) in [5.74, 6) is 0. The molecule has 0 unspecified atom stereocenters. The van der Waals surface area contributed by atoms with Crippen LogP contribution in [0, 0.1) is 0 Å². The molecular weight excluding hydrogens is 342 g/mol. The maximum absolute atomic E-state index is 5.57. The molecule has 0 spiro atoms. The molecule has 0 N–H and O–H groups in total. The van der Waals surface area contributed by atoms with Crippen LogP contribution in [-0.2, 0) is 13.3 Å². The number of rotatable bonds is 7. The fourth-order valence-corrected chi connectivity index (χ4v) is 4.80. The molecule has 3 aromatic carbocycles. The Bertz CT molecular complexity index is 758. The van der Waals surface area contributed by atoms with E-state index in [1.807, 2.05) is 48.5 Å². The fourth-order valence-electron chi connectivity index (χ4n) is 3.02. The lowest BCUT2D eigenvalue weighted by atomic mass is 10.2. The van der Waals surface area contributed by atoms with Gasteiger partial charge in [-0.3, -0.25) is 0 Å². The molecule has 3 aromatic rings. The lowest BCUT2D eigenvalue weighted by molar-refractivity contribution is 0.140. The highest BCUT2D eigenvalue weighted by molar-refractivity contribution is 6.75. The summed E-state index contributed by atoms with van der Waals surface area (Å²) in [4.78, 5) is 2.21. The van der Waals surface area contributed by atoms with Gasteiger partial charge in [0.1, 0.15) is 0 Å². The molecule has 0 aliphatic carbocycles. The number of nitrogens with zero attached hydrogens (tertiary/aromatic N) is 1. The second kappa shape index (κ2) is 8.29. The minimum atomic E-state index is -2.83. The van der Waals surface area contributed by atoms with Crippen LogP contribution >= 0.6 is 0 Å². The van der Waals surface area contributed by atoms with Gasteiger partial charge in [-0.1, -0.05) is 48.5 Å². The van der Waals surface area contributed by atoms with Crippen LogP contribution in [0.3, 0.4) is 0 Å². The van der Waals surface area contributed by atoms with Crippen LogP contribution in [0.2, 0.25) is 0 Å². The van der Waals surface area contributed by atoms with Gasteiger partial charge in [0, 0.05) is 43.6 Å². The van der Waals surface area contributed by atoms with Crippen molar-refractivity contribution in [3.05, 3.63) is 84.9 Å². The predicted molar refractivity (Wildman–Crippen MR) is 108 cm³/mol. The Labute approximate surface area is 155 Å². The van der Waals surface area contributed by atoms with Crippen LogP contribution < -0.4 is 10.1 Å². The number of para-hydroxylation sites is 2. The number of anilines is 3. The van der Waals surface area contributed by atoms with Crippen LogP contribution in [0.4, 0.5) is 17.1 Å². The van der Waals surface area contributed by atoms with Crippen molar-refractivity contribution in [2.24, 2.45) is 0 Å². The predicted octanol–water partition coefficient (Wildman–Crippen LogP) is 4.24. The van der Waals surface area contributed by atoms with E-state index in [0.29, 0.717) is 0 Å². The van der Waals surface area contributed by atoms with Gasteiger partial charge in [-0.05, 0) is 36.4 Å². The minimum Gasteiger partial charge on any atom is -0.373 e. The SMILES string of the molecule is CO[Si](OC)(OC)c1ccc(N(c2ccccc2)c2ccccc2)cc1. The average Bonchev–Trinajstić information content (AvgIpc) is 2.73. The summed E-state index contributed by atoms with van der Waals surface area (Å²) in [6, 6.07) is 28.7. The summed E-state index contributed by atoms with van der Waals surface area (Å²) in [5.41, 5.74) is 3.25. The van der Waals surface area contributed by atoms with E-state index in [1.165, 1.54) is 0 Å². The van der Waals surface area contributed by atoms with Gasteiger partial charge in [-0.2, -0.15) is 0 Å². The fraction of sp³-hybridized carbons (Fsp3) is 0.143. The average molecular weight is 366 g/mol. The smallest absolute Gasteiger partial charge is 0.373 e. The number of hydrogen-bond acceptors (Lipinski definition) is 4. The second-order valence-electron chi connectivity index (χ2n) is 5.72.